The third-order valence-electron chi connectivity index (χ3n) is 9.27. The summed E-state index contributed by atoms with van der Waals surface area (Å²) in [7, 11) is -3.11. The van der Waals surface area contributed by atoms with Gasteiger partial charge in [0, 0.05) is 25.1 Å². The molecule has 1 aromatic carbocycles. The van der Waals surface area contributed by atoms with Gasteiger partial charge >= 0.3 is 69.7 Å². The number of nitrogens with one attached hydrogen (secondary N) is 1. The molecule has 402 valence electrons. The van der Waals surface area contributed by atoms with Gasteiger partial charge in [0.1, 0.15) is 24.4 Å². The summed E-state index contributed by atoms with van der Waals surface area (Å²) in [6, 6.07) is 9.44. The summed E-state index contributed by atoms with van der Waals surface area (Å²) in [4.78, 5) is 38.5. The molecular weight excluding hydrogens is 919 g/mol. The van der Waals surface area contributed by atoms with Gasteiger partial charge in [0.2, 0.25) is 11.8 Å². The molecule has 2 rings (SSSR count). The quantitative estimate of drug-likeness (QED) is 0.0478. The molecule has 2 amide bonds. The molecule has 9 unspecified atom stereocenters. The number of amides is 2. The van der Waals surface area contributed by atoms with Crippen LogP contribution < -0.4 is 75.3 Å². The second-order valence-corrected chi connectivity index (χ2v) is 15.3. The Labute approximate surface area is 463 Å². The van der Waals surface area contributed by atoms with Crippen LogP contribution >= 0.6 is 0 Å². The Morgan fingerprint density at radius 3 is 1.81 bits per heavy atom. The molecule has 0 spiro atoms. The molecule has 1 saturated heterocycles. The number of aliphatic hydroxyl groups is 3. The van der Waals surface area contributed by atoms with Gasteiger partial charge in [-0.15, -0.1) is 12.6 Å². The Hall–Kier alpha value is -1.03. The van der Waals surface area contributed by atoms with Gasteiger partial charge in [0.25, 0.3) is 0 Å². The number of aliphatic carboxylic acids is 1. The average molecular weight is 1020 g/mol. The Morgan fingerprint density at radius 1 is 0.838 bits per heavy atom. The van der Waals surface area contributed by atoms with Gasteiger partial charge in [-0.3, -0.25) is 9.59 Å². The number of carbonyl (C=O) groups excluding carboxylic acids is 3. The summed E-state index contributed by atoms with van der Waals surface area (Å²) in [5, 5.41) is 47.0. The molecule has 1 heterocycles. The zero-order valence-corrected chi connectivity index (χ0v) is 40.0. The van der Waals surface area contributed by atoms with Crippen LogP contribution in [0.3, 0.4) is 0 Å². The first kappa shape index (κ1) is 96.5. The van der Waals surface area contributed by atoms with Crippen LogP contribution in [0.1, 0.15) is 178 Å². The van der Waals surface area contributed by atoms with Crippen molar-refractivity contribution in [3.05, 3.63) is 42.8 Å². The molecule has 0 aliphatic carbocycles. The second kappa shape index (κ2) is 53.8. The van der Waals surface area contributed by atoms with Gasteiger partial charge in [-0.25, -0.2) is 0 Å². The molecule has 19 heteroatoms. The summed E-state index contributed by atoms with van der Waals surface area (Å²) >= 11 is 0. The van der Waals surface area contributed by atoms with E-state index >= 15 is 0 Å². The van der Waals surface area contributed by atoms with E-state index in [1.54, 1.807) is 20.8 Å². The molecule has 0 aromatic heterocycles. The number of hydrogen-bond donors (Lipinski definition) is 5. The maximum Gasteiger partial charge on any atom is 1.00 e. The van der Waals surface area contributed by atoms with Crippen molar-refractivity contribution in [2.75, 3.05) is 19.8 Å². The maximum absolute atomic E-state index is 13.5. The van der Waals surface area contributed by atoms with Gasteiger partial charge in [-0.2, -0.15) is 0 Å². The second-order valence-electron chi connectivity index (χ2n) is 14.9. The van der Waals surface area contributed by atoms with E-state index in [2.05, 4.69) is 19.2 Å². The molecule has 0 saturated carbocycles. The summed E-state index contributed by atoms with van der Waals surface area (Å²) in [6.45, 7) is 11.4. The van der Waals surface area contributed by atoms with E-state index in [0.717, 1.165) is 44.1 Å². The number of unbranched alkanes of at least 4 members (excludes halogenated alkanes) is 5. The van der Waals surface area contributed by atoms with Crippen molar-refractivity contribution in [3.8, 4) is 0 Å². The van der Waals surface area contributed by atoms with Gasteiger partial charge < -0.3 is 62.1 Å². The number of rotatable bonds is 27. The van der Waals surface area contributed by atoms with Crippen LogP contribution in [-0.4, -0.2) is 114 Å². The first-order valence-corrected chi connectivity index (χ1v) is 20.4. The van der Waals surface area contributed by atoms with E-state index in [4.69, 9.17) is 37.3 Å². The van der Waals surface area contributed by atoms with Crippen molar-refractivity contribution in [1.82, 2.24) is 5.32 Å². The number of aryl methyl sites for hydroxylation is 1. The van der Waals surface area contributed by atoms with Crippen molar-refractivity contribution >= 4 is 28.4 Å². The normalized spacial score (nSPS) is 18.0. The van der Waals surface area contributed by atoms with Gasteiger partial charge in [0.05, 0.1) is 18.8 Å². The smallest absolute Gasteiger partial charge is 0.550 e. The third kappa shape index (κ3) is 42.6. The predicted octanol–water partition coefficient (Wildman–Crippen LogP) is 1.72. The number of carboxylic acid groups (broad SMARTS) is 1. The van der Waals surface area contributed by atoms with Crippen molar-refractivity contribution in [1.29, 1.82) is 0 Å². The molecule has 16 nitrogen and oxygen atoms in total. The number of carboxylic acids is 1. The number of hydrogen-bond acceptors (Lipinski definition) is 14. The van der Waals surface area contributed by atoms with Gasteiger partial charge in [-0.1, -0.05) is 163 Å². The van der Waals surface area contributed by atoms with Crippen LogP contribution in [-0.2, 0) is 50.4 Å². The van der Waals surface area contributed by atoms with Crippen LogP contribution in [0.5, 0.6) is 0 Å². The zero-order chi connectivity index (χ0) is 42.3. The number of aliphatic hydroxyl groups excluding tert-OH is 3. The number of carbonyl (C=O) groups is 3. The zero-order valence-electron chi connectivity index (χ0n) is 35.2. The molecular formula is C49H104N2Na2O14S. The van der Waals surface area contributed by atoms with E-state index in [1.165, 1.54) is 0 Å². The van der Waals surface area contributed by atoms with Crippen molar-refractivity contribution in [3.63, 3.8) is 0 Å². The maximum atomic E-state index is 13.5. The minimum atomic E-state index is -3.11. The van der Waals surface area contributed by atoms with Gasteiger partial charge in [0.15, 0.2) is 6.29 Å². The fourth-order valence-corrected chi connectivity index (χ4v) is 6.21. The Morgan fingerprint density at radius 2 is 1.34 bits per heavy atom. The van der Waals surface area contributed by atoms with Gasteiger partial charge in [-0.05, 0) is 63.4 Å². The summed E-state index contributed by atoms with van der Waals surface area (Å²) in [5.74, 6) is -4.44. The SMILES string of the molecule is C.C.C.C.C.C.C.C.C.C.O=S(=O)=O.[CH2-]C(C)(C)NC(=O)C(CCC(CCc1ccccc1)C(=O)[O-])CC(OC1C(O)C(CCOC(C)CO)OC(OCCCCCCCC)C1O)C(N)=O.[Na+].[Na+]. The van der Waals surface area contributed by atoms with Crippen molar-refractivity contribution < 1.29 is 125 Å². The van der Waals surface area contributed by atoms with E-state index in [1.807, 2.05) is 30.3 Å². The van der Waals surface area contributed by atoms with E-state index in [-0.39, 0.29) is 179 Å². The first-order valence-electron chi connectivity index (χ1n) is 19.4. The molecule has 1 aliphatic rings. The Kier molecular flexibility index (Phi) is 76.3. The van der Waals surface area contributed by atoms with Crippen LogP contribution in [0.25, 0.3) is 0 Å². The monoisotopic (exact) mass is 1020 g/mol. The fourth-order valence-electron chi connectivity index (χ4n) is 6.21. The van der Waals surface area contributed by atoms with Crippen LogP contribution in [0, 0.1) is 18.8 Å². The predicted molar refractivity (Wildman–Crippen MR) is 270 cm³/mol. The largest absolute Gasteiger partial charge is 1.00 e. The van der Waals surface area contributed by atoms with Crippen LogP contribution in [0.15, 0.2) is 30.3 Å². The molecule has 6 N–H and O–H groups in total. The summed E-state index contributed by atoms with van der Waals surface area (Å²) < 4.78 is 48.9. The van der Waals surface area contributed by atoms with Crippen molar-refractivity contribution in [2.45, 2.75) is 227 Å². The number of primary amides is 1. The molecule has 68 heavy (non-hydrogen) atoms. The molecule has 1 aliphatic heterocycles. The van der Waals surface area contributed by atoms with E-state index < -0.39 is 88.7 Å². The molecule has 9 atom stereocenters. The minimum Gasteiger partial charge on any atom is -0.550 e. The average Bonchev–Trinajstić information content (AvgIpc) is 3.12. The fraction of sp³-hybridized carbons (Fsp3) is 0.796. The van der Waals surface area contributed by atoms with E-state index in [9.17, 15) is 34.8 Å². The molecule has 0 radical (unpaired) electrons. The van der Waals surface area contributed by atoms with Crippen LogP contribution in [0.2, 0.25) is 0 Å². The van der Waals surface area contributed by atoms with E-state index in [0.29, 0.717) is 12.8 Å². The Balaban J connectivity index is -0.000000188. The first-order chi connectivity index (χ1) is 26.4. The van der Waals surface area contributed by atoms with Crippen molar-refractivity contribution in [2.24, 2.45) is 17.6 Å². The molecule has 0 bridgehead atoms. The molecule has 1 fully saturated rings. The number of ether oxygens (including phenoxy) is 4. The number of benzene rings is 1. The summed E-state index contributed by atoms with van der Waals surface area (Å²) in [5.41, 5.74) is 5.89. The molecule has 1 aromatic rings. The third-order valence-corrected chi connectivity index (χ3v) is 9.27. The minimum absolute atomic E-state index is 0. The topological polar surface area (TPSA) is 261 Å². The standard InChI is InChI=1S/C39H65N2O11.10CH4.2Na.O3S/c1-6-7-8-9-10-14-22-50-38-33(44)34(32(43)30(52-38)21-23-49-26(2)25-42)51-31(35(40)45)24-29(36(46)41-39(3,4)5)20-19-28(37(47)48)18-17-27-15-12-11-13-16-27;;;;;;;;;;;;;1-4(2)3/h11-13,15-16,26,28-34,38,42-44H,3,6-10,14,17-25H2,1-2,4-5H3,(H2,40,45)(H,41,46)(H,47,48);10*1H4;;;/q-1;;;;;;;;;;;2*+1;/p-1. The van der Waals surface area contributed by atoms with Crippen LogP contribution in [0.4, 0.5) is 0 Å². The number of nitrogens with two attached hydrogens (primary N) is 1. The summed E-state index contributed by atoms with van der Waals surface area (Å²) in [6.07, 6.45) is -1.40. The Bertz CT molecular complexity index is 1390.